The van der Waals surface area contributed by atoms with Gasteiger partial charge in [0.05, 0.1) is 11.3 Å². The van der Waals surface area contributed by atoms with Gasteiger partial charge in [0, 0.05) is 24.2 Å². The van der Waals surface area contributed by atoms with Crippen molar-refractivity contribution in [2.75, 3.05) is 24.6 Å². The second kappa shape index (κ2) is 5.52. The lowest BCUT2D eigenvalue weighted by molar-refractivity contribution is 0.203. The summed E-state index contributed by atoms with van der Waals surface area (Å²) in [6.45, 7) is 2.10. The average molecular weight is 295 g/mol. The van der Waals surface area contributed by atoms with E-state index in [0.717, 1.165) is 41.7 Å². The molecule has 0 aliphatic carbocycles. The zero-order valence-corrected chi connectivity index (χ0v) is 11.2. The van der Waals surface area contributed by atoms with E-state index in [-0.39, 0.29) is 6.61 Å². The van der Waals surface area contributed by atoms with E-state index in [0.29, 0.717) is 5.92 Å². The molecule has 0 amide bonds. The van der Waals surface area contributed by atoms with Crippen LogP contribution in [0.15, 0.2) is 22.7 Å². The molecule has 1 heterocycles. The Morgan fingerprint density at radius 2 is 2.12 bits per heavy atom. The Morgan fingerprint density at radius 1 is 1.41 bits per heavy atom. The molecule has 17 heavy (non-hydrogen) atoms. The molecule has 0 unspecified atom stereocenters. The van der Waals surface area contributed by atoms with Crippen LogP contribution in [0.4, 0.5) is 5.69 Å². The molecular formula is C13H15BrN2O. The summed E-state index contributed by atoms with van der Waals surface area (Å²) in [5.41, 5.74) is 1.72. The van der Waals surface area contributed by atoms with Crippen LogP contribution in [0.3, 0.4) is 0 Å². The monoisotopic (exact) mass is 294 g/mol. The first-order valence-electron chi connectivity index (χ1n) is 5.80. The van der Waals surface area contributed by atoms with Gasteiger partial charge in [-0.15, -0.1) is 0 Å². The third-order valence-corrected chi connectivity index (χ3v) is 3.79. The van der Waals surface area contributed by atoms with Crippen molar-refractivity contribution in [1.29, 1.82) is 5.26 Å². The van der Waals surface area contributed by atoms with Crippen molar-refractivity contribution in [2.45, 2.75) is 12.8 Å². The van der Waals surface area contributed by atoms with Crippen molar-refractivity contribution in [3.63, 3.8) is 0 Å². The van der Waals surface area contributed by atoms with Crippen molar-refractivity contribution in [1.82, 2.24) is 0 Å². The van der Waals surface area contributed by atoms with Gasteiger partial charge in [0.15, 0.2) is 0 Å². The Balaban J connectivity index is 2.18. The van der Waals surface area contributed by atoms with Crippen LogP contribution >= 0.6 is 15.9 Å². The van der Waals surface area contributed by atoms with Gasteiger partial charge in [0.1, 0.15) is 6.07 Å². The first-order valence-corrected chi connectivity index (χ1v) is 6.59. The Labute approximate surface area is 110 Å². The molecule has 1 aliphatic heterocycles. The molecule has 3 nitrogen and oxygen atoms in total. The van der Waals surface area contributed by atoms with Crippen LogP contribution in [0.1, 0.15) is 18.4 Å². The van der Waals surface area contributed by atoms with Crippen LogP contribution in [-0.2, 0) is 0 Å². The SMILES string of the molecule is N#Cc1ccc(Br)cc1N1CCC(CO)CC1. The minimum Gasteiger partial charge on any atom is -0.396 e. The predicted octanol–water partition coefficient (Wildman–Crippen LogP) is 2.53. The summed E-state index contributed by atoms with van der Waals surface area (Å²) in [7, 11) is 0. The number of hydrogen-bond donors (Lipinski definition) is 1. The maximum atomic E-state index is 9.11. The van der Waals surface area contributed by atoms with Crippen LogP contribution in [0.5, 0.6) is 0 Å². The van der Waals surface area contributed by atoms with E-state index < -0.39 is 0 Å². The molecule has 1 aromatic carbocycles. The van der Waals surface area contributed by atoms with Crippen LogP contribution in [-0.4, -0.2) is 24.8 Å². The van der Waals surface area contributed by atoms with Crippen LogP contribution in [0.2, 0.25) is 0 Å². The summed E-state index contributed by atoms with van der Waals surface area (Å²) in [5, 5.41) is 18.2. The van der Waals surface area contributed by atoms with E-state index in [9.17, 15) is 0 Å². The normalized spacial score (nSPS) is 16.9. The molecule has 1 aliphatic rings. The lowest BCUT2D eigenvalue weighted by atomic mass is 9.97. The van der Waals surface area contributed by atoms with Gasteiger partial charge in [0.2, 0.25) is 0 Å². The molecule has 1 N–H and O–H groups in total. The van der Waals surface area contributed by atoms with E-state index in [2.05, 4.69) is 26.9 Å². The summed E-state index contributed by atoms with van der Waals surface area (Å²) in [6, 6.07) is 7.97. The lowest BCUT2D eigenvalue weighted by Gasteiger charge is -2.33. The molecule has 1 aromatic rings. The molecule has 0 spiro atoms. The number of anilines is 1. The highest BCUT2D eigenvalue weighted by atomic mass is 79.9. The lowest BCUT2D eigenvalue weighted by Crippen LogP contribution is -2.35. The van der Waals surface area contributed by atoms with E-state index in [1.165, 1.54) is 0 Å². The van der Waals surface area contributed by atoms with Crippen LogP contribution in [0, 0.1) is 17.2 Å². The fourth-order valence-corrected chi connectivity index (χ4v) is 2.57. The smallest absolute Gasteiger partial charge is 0.101 e. The third-order valence-electron chi connectivity index (χ3n) is 3.29. The van der Waals surface area contributed by atoms with E-state index >= 15 is 0 Å². The molecule has 4 heteroatoms. The molecule has 0 bridgehead atoms. The highest BCUT2D eigenvalue weighted by molar-refractivity contribution is 9.10. The molecule has 90 valence electrons. The number of nitriles is 1. The minimum absolute atomic E-state index is 0.275. The van der Waals surface area contributed by atoms with Gasteiger partial charge < -0.3 is 10.0 Å². The predicted molar refractivity (Wildman–Crippen MR) is 70.9 cm³/mol. The largest absolute Gasteiger partial charge is 0.396 e. The number of piperidine rings is 1. The summed E-state index contributed by atoms with van der Waals surface area (Å²) < 4.78 is 0.996. The van der Waals surface area contributed by atoms with Crippen molar-refractivity contribution in [2.24, 2.45) is 5.92 Å². The Kier molecular flexibility index (Phi) is 4.03. The molecule has 1 saturated heterocycles. The highest BCUT2D eigenvalue weighted by Crippen LogP contribution is 2.28. The van der Waals surface area contributed by atoms with Crippen molar-refractivity contribution < 1.29 is 5.11 Å². The fraction of sp³-hybridized carbons (Fsp3) is 0.462. The maximum Gasteiger partial charge on any atom is 0.101 e. The van der Waals surface area contributed by atoms with Crippen molar-refractivity contribution in [3.8, 4) is 6.07 Å². The molecular weight excluding hydrogens is 280 g/mol. The second-order valence-corrected chi connectivity index (χ2v) is 5.30. The number of aliphatic hydroxyl groups excluding tert-OH is 1. The zero-order chi connectivity index (χ0) is 12.3. The number of aliphatic hydroxyl groups is 1. The summed E-state index contributed by atoms with van der Waals surface area (Å²) in [5.74, 6) is 0.420. The van der Waals surface area contributed by atoms with Crippen LogP contribution < -0.4 is 4.90 Å². The number of rotatable bonds is 2. The highest BCUT2D eigenvalue weighted by Gasteiger charge is 2.20. The fourth-order valence-electron chi connectivity index (χ4n) is 2.22. The van der Waals surface area contributed by atoms with E-state index in [4.69, 9.17) is 10.4 Å². The molecule has 0 saturated carbocycles. The van der Waals surface area contributed by atoms with Gasteiger partial charge in [-0.05, 0) is 37.0 Å². The molecule has 0 aromatic heterocycles. The van der Waals surface area contributed by atoms with Gasteiger partial charge in [-0.25, -0.2) is 0 Å². The van der Waals surface area contributed by atoms with Gasteiger partial charge >= 0.3 is 0 Å². The molecule has 0 atom stereocenters. The first-order chi connectivity index (χ1) is 8.24. The zero-order valence-electron chi connectivity index (χ0n) is 9.56. The summed E-state index contributed by atoms with van der Waals surface area (Å²) >= 11 is 3.44. The number of hydrogen-bond acceptors (Lipinski definition) is 3. The Bertz CT molecular complexity index is 434. The van der Waals surface area contributed by atoms with Crippen molar-refractivity contribution >= 4 is 21.6 Å². The standard InChI is InChI=1S/C13H15BrN2O/c14-12-2-1-11(8-15)13(7-12)16-5-3-10(9-17)4-6-16/h1-2,7,10,17H,3-6,9H2. The quantitative estimate of drug-likeness (QED) is 0.912. The van der Waals surface area contributed by atoms with E-state index in [1.807, 2.05) is 18.2 Å². The maximum absolute atomic E-state index is 9.11. The van der Waals surface area contributed by atoms with Gasteiger partial charge in [-0.1, -0.05) is 15.9 Å². The van der Waals surface area contributed by atoms with Crippen molar-refractivity contribution in [3.05, 3.63) is 28.2 Å². The topological polar surface area (TPSA) is 47.3 Å². The molecule has 2 rings (SSSR count). The van der Waals surface area contributed by atoms with Gasteiger partial charge in [-0.3, -0.25) is 0 Å². The molecule has 0 radical (unpaired) electrons. The Hall–Kier alpha value is -1.05. The molecule has 1 fully saturated rings. The average Bonchev–Trinajstić information content (AvgIpc) is 2.39. The number of benzene rings is 1. The number of nitrogens with zero attached hydrogens (tertiary/aromatic N) is 2. The van der Waals surface area contributed by atoms with Gasteiger partial charge in [-0.2, -0.15) is 5.26 Å². The first kappa shape index (κ1) is 12.4. The van der Waals surface area contributed by atoms with Gasteiger partial charge in [0.25, 0.3) is 0 Å². The van der Waals surface area contributed by atoms with E-state index in [1.54, 1.807) is 0 Å². The Morgan fingerprint density at radius 3 is 2.71 bits per heavy atom. The summed E-state index contributed by atoms with van der Waals surface area (Å²) in [6.07, 6.45) is 1.99. The van der Waals surface area contributed by atoms with Crippen LogP contribution in [0.25, 0.3) is 0 Å². The summed E-state index contributed by atoms with van der Waals surface area (Å²) in [4.78, 5) is 2.23. The third kappa shape index (κ3) is 2.80. The minimum atomic E-state index is 0.275. The number of halogens is 1. The second-order valence-electron chi connectivity index (χ2n) is 4.39.